The van der Waals surface area contributed by atoms with Gasteiger partial charge in [0.15, 0.2) is 0 Å². The van der Waals surface area contributed by atoms with E-state index in [1.165, 1.54) is 24.0 Å². The SMILES string of the molecule is CS(C)(C)O.Cc1cc(C)c(C(C)(C)CCC(C)(C)C)c(C(C)C)c1.O=CO. The zero-order valence-electron chi connectivity index (χ0n) is 20.4. The van der Waals surface area contributed by atoms with Gasteiger partial charge in [0.25, 0.3) is 6.47 Å². The van der Waals surface area contributed by atoms with Crippen LogP contribution in [0.1, 0.15) is 89.5 Å². The molecule has 0 aliphatic carbocycles. The smallest absolute Gasteiger partial charge is 0.290 e. The molecule has 0 aromatic heterocycles. The molecule has 0 spiro atoms. The van der Waals surface area contributed by atoms with Crippen LogP contribution in [0, 0.1) is 19.3 Å². The summed E-state index contributed by atoms with van der Waals surface area (Å²) in [6.45, 7) is 20.7. The first-order valence-corrected chi connectivity index (χ1v) is 12.8. The molecule has 0 saturated carbocycles. The molecule has 0 saturated heterocycles. The van der Waals surface area contributed by atoms with Crippen molar-refractivity contribution in [2.24, 2.45) is 5.41 Å². The molecule has 0 unspecified atom stereocenters. The second-order valence-electron chi connectivity index (χ2n) is 10.5. The molecule has 166 valence electrons. The van der Waals surface area contributed by atoms with E-state index in [0.717, 1.165) is 0 Å². The van der Waals surface area contributed by atoms with Crippen molar-refractivity contribution in [1.29, 1.82) is 0 Å². The minimum Gasteiger partial charge on any atom is -0.483 e. The minimum absolute atomic E-state index is 0.250. The predicted molar refractivity (Wildman–Crippen MR) is 128 cm³/mol. The van der Waals surface area contributed by atoms with E-state index in [9.17, 15) is 0 Å². The molecule has 4 heteroatoms. The third kappa shape index (κ3) is 14.1. The van der Waals surface area contributed by atoms with Crippen molar-refractivity contribution < 1.29 is 14.5 Å². The number of hydrogen-bond donors (Lipinski definition) is 2. The Morgan fingerprint density at radius 1 is 1.00 bits per heavy atom. The normalized spacial score (nSPS) is 12.5. The van der Waals surface area contributed by atoms with Gasteiger partial charge in [-0.1, -0.05) is 66.2 Å². The Kier molecular flexibility index (Phi) is 12.4. The minimum atomic E-state index is -1.17. The fourth-order valence-corrected chi connectivity index (χ4v) is 3.19. The Morgan fingerprint density at radius 3 is 1.71 bits per heavy atom. The van der Waals surface area contributed by atoms with Gasteiger partial charge in [-0.15, -0.1) is 10.3 Å². The van der Waals surface area contributed by atoms with Crippen LogP contribution in [0.3, 0.4) is 0 Å². The monoisotopic (exact) mass is 414 g/mol. The Labute approximate surface area is 176 Å². The van der Waals surface area contributed by atoms with Gasteiger partial charge in [0.2, 0.25) is 0 Å². The second-order valence-corrected chi connectivity index (χ2v) is 14.1. The molecule has 1 aromatic rings. The van der Waals surface area contributed by atoms with E-state index in [-0.39, 0.29) is 11.9 Å². The largest absolute Gasteiger partial charge is 0.483 e. The molecule has 2 N–H and O–H groups in total. The van der Waals surface area contributed by atoms with Crippen molar-refractivity contribution in [3.63, 3.8) is 0 Å². The molecule has 0 heterocycles. The second kappa shape index (κ2) is 11.9. The van der Waals surface area contributed by atoms with E-state index in [0.29, 0.717) is 11.3 Å². The molecular weight excluding hydrogens is 368 g/mol. The summed E-state index contributed by atoms with van der Waals surface area (Å²) in [5.41, 5.74) is 6.65. The van der Waals surface area contributed by atoms with Crippen LogP contribution in [0.5, 0.6) is 0 Å². The zero-order chi connectivity index (χ0) is 22.9. The fourth-order valence-electron chi connectivity index (χ4n) is 3.19. The summed E-state index contributed by atoms with van der Waals surface area (Å²) in [5, 5.41) is 6.89. The Morgan fingerprint density at radius 2 is 1.39 bits per heavy atom. The molecule has 0 bridgehead atoms. The maximum atomic E-state index is 8.60. The van der Waals surface area contributed by atoms with Crippen LogP contribution < -0.4 is 0 Å². The van der Waals surface area contributed by atoms with Gasteiger partial charge in [0, 0.05) is 0 Å². The average molecular weight is 415 g/mol. The van der Waals surface area contributed by atoms with Crippen LogP contribution in [-0.2, 0) is 10.2 Å². The Bertz CT molecular complexity index is 585. The van der Waals surface area contributed by atoms with Gasteiger partial charge in [-0.25, -0.2) is 0 Å². The maximum Gasteiger partial charge on any atom is 0.290 e. The zero-order valence-corrected chi connectivity index (χ0v) is 21.3. The molecule has 0 radical (unpaired) electrons. The van der Waals surface area contributed by atoms with Gasteiger partial charge in [-0.2, -0.15) is 0 Å². The van der Waals surface area contributed by atoms with E-state index < -0.39 is 10.3 Å². The Hall–Kier alpha value is -1.00. The summed E-state index contributed by atoms with van der Waals surface area (Å²) in [4.78, 5) is 8.36. The number of aryl methyl sites for hydroxylation is 2. The molecule has 1 rings (SSSR count). The summed E-state index contributed by atoms with van der Waals surface area (Å²) in [7, 11) is -1.17. The van der Waals surface area contributed by atoms with Gasteiger partial charge >= 0.3 is 0 Å². The summed E-state index contributed by atoms with van der Waals surface area (Å²) < 4.78 is 8.60. The predicted octanol–water partition coefficient (Wildman–Crippen LogP) is 7.38. The van der Waals surface area contributed by atoms with Gasteiger partial charge < -0.3 is 9.66 Å². The maximum absolute atomic E-state index is 8.60. The van der Waals surface area contributed by atoms with Crippen molar-refractivity contribution >= 4 is 16.8 Å². The van der Waals surface area contributed by atoms with Crippen molar-refractivity contribution in [3.05, 3.63) is 34.4 Å². The summed E-state index contributed by atoms with van der Waals surface area (Å²) in [6.07, 6.45) is 8.00. The van der Waals surface area contributed by atoms with Crippen LogP contribution in [0.25, 0.3) is 0 Å². The lowest BCUT2D eigenvalue weighted by atomic mass is 9.71. The van der Waals surface area contributed by atoms with Crippen LogP contribution >= 0.6 is 10.3 Å². The summed E-state index contributed by atoms with van der Waals surface area (Å²) in [6, 6.07) is 4.74. The van der Waals surface area contributed by atoms with E-state index in [2.05, 4.69) is 74.4 Å². The van der Waals surface area contributed by atoms with Crippen molar-refractivity contribution in [3.8, 4) is 0 Å². The molecule has 0 aliphatic rings. The van der Waals surface area contributed by atoms with E-state index in [1.807, 2.05) is 18.8 Å². The number of carbonyl (C=O) groups is 1. The highest BCUT2D eigenvalue weighted by atomic mass is 32.3. The first kappa shape index (κ1) is 29.2. The first-order chi connectivity index (χ1) is 12.4. The molecule has 0 aliphatic heterocycles. The van der Waals surface area contributed by atoms with Crippen LogP contribution in [0.2, 0.25) is 0 Å². The van der Waals surface area contributed by atoms with Gasteiger partial charge in [0.05, 0.1) is 0 Å². The lowest BCUT2D eigenvalue weighted by molar-refractivity contribution is -0.122. The number of hydrogen-bond acceptors (Lipinski definition) is 2. The van der Waals surface area contributed by atoms with E-state index >= 15 is 0 Å². The quantitative estimate of drug-likeness (QED) is 0.505. The standard InChI is InChI=1S/C20H34.C3H10OS.CH2O2/c1-14(2)17-13-15(3)12-16(4)18(17)20(8,9)11-10-19(5,6)7;1-5(2,3)4;2-1-3/h12-14H,10-11H2,1-9H3;4H,1-3H3;1H,(H,2,3). The molecule has 28 heavy (non-hydrogen) atoms. The summed E-state index contributed by atoms with van der Waals surface area (Å²) >= 11 is 0. The highest BCUT2D eigenvalue weighted by Crippen LogP contribution is 2.39. The van der Waals surface area contributed by atoms with Gasteiger partial charge in [-0.05, 0) is 78.9 Å². The fraction of sp³-hybridized carbons (Fsp3) is 0.708. The highest BCUT2D eigenvalue weighted by Gasteiger charge is 2.28. The lowest BCUT2D eigenvalue weighted by Crippen LogP contribution is -2.24. The number of rotatable bonds is 4. The Balaban J connectivity index is 0. The van der Waals surface area contributed by atoms with Crippen LogP contribution in [-0.4, -0.2) is 34.9 Å². The average Bonchev–Trinajstić information content (AvgIpc) is 2.42. The van der Waals surface area contributed by atoms with Crippen molar-refractivity contribution in [1.82, 2.24) is 0 Å². The number of benzene rings is 1. The highest BCUT2D eigenvalue weighted by molar-refractivity contribution is 8.27. The topological polar surface area (TPSA) is 57.5 Å². The van der Waals surface area contributed by atoms with Crippen LogP contribution in [0.4, 0.5) is 0 Å². The molecule has 3 nitrogen and oxygen atoms in total. The van der Waals surface area contributed by atoms with Gasteiger partial charge in [0.1, 0.15) is 0 Å². The molecule has 1 aromatic carbocycles. The molecular formula is C24H46O3S. The van der Waals surface area contributed by atoms with Crippen molar-refractivity contribution in [2.45, 2.75) is 86.5 Å². The number of carboxylic acid groups (broad SMARTS) is 1. The molecule has 0 atom stereocenters. The lowest BCUT2D eigenvalue weighted by Gasteiger charge is -2.34. The van der Waals surface area contributed by atoms with Crippen LogP contribution in [0.15, 0.2) is 12.1 Å². The molecule has 0 amide bonds. The van der Waals surface area contributed by atoms with E-state index in [4.69, 9.17) is 14.5 Å². The van der Waals surface area contributed by atoms with Gasteiger partial charge in [-0.3, -0.25) is 4.79 Å². The summed E-state index contributed by atoms with van der Waals surface area (Å²) in [5.74, 6) is 0.595. The van der Waals surface area contributed by atoms with Crippen molar-refractivity contribution in [2.75, 3.05) is 18.8 Å². The first-order valence-electron chi connectivity index (χ1n) is 9.96. The third-order valence-electron chi connectivity index (χ3n) is 4.31. The van der Waals surface area contributed by atoms with E-state index in [1.54, 1.807) is 11.1 Å². The third-order valence-corrected chi connectivity index (χ3v) is 4.31. The molecule has 0 fully saturated rings.